The molecule has 1 atom stereocenters. The maximum absolute atomic E-state index is 12.8. The van der Waals surface area contributed by atoms with E-state index < -0.39 is 23.9 Å². The van der Waals surface area contributed by atoms with Crippen molar-refractivity contribution in [3.05, 3.63) is 29.8 Å². The van der Waals surface area contributed by atoms with Crippen molar-refractivity contribution in [1.82, 2.24) is 10.3 Å². The number of pyridine rings is 1. The molecule has 1 amide bonds. The molecule has 0 aromatic carbocycles. The Hall–Kier alpha value is -1.98. The lowest BCUT2D eigenvalue weighted by atomic mass is 10.0. The lowest BCUT2D eigenvalue weighted by molar-refractivity contribution is -0.139. The summed E-state index contributed by atoms with van der Waals surface area (Å²) >= 11 is 0. The SMILES string of the molecule is CC(C)CC(NC(=O)c1ccnc(F)c1)C(=O)O. The van der Waals surface area contributed by atoms with Crippen LogP contribution in [0.2, 0.25) is 0 Å². The summed E-state index contributed by atoms with van der Waals surface area (Å²) in [5.74, 6) is -2.38. The van der Waals surface area contributed by atoms with E-state index in [4.69, 9.17) is 5.11 Å². The smallest absolute Gasteiger partial charge is 0.326 e. The maximum atomic E-state index is 12.8. The van der Waals surface area contributed by atoms with Crippen LogP contribution in [0.15, 0.2) is 18.3 Å². The van der Waals surface area contributed by atoms with E-state index in [2.05, 4.69) is 10.3 Å². The minimum Gasteiger partial charge on any atom is -0.480 e. The second-order valence-electron chi connectivity index (χ2n) is 4.36. The lowest BCUT2D eigenvalue weighted by Crippen LogP contribution is -2.41. The van der Waals surface area contributed by atoms with Gasteiger partial charge in [0.25, 0.3) is 5.91 Å². The summed E-state index contributed by atoms with van der Waals surface area (Å²) in [6.07, 6.45) is 1.47. The molecule has 1 aromatic heterocycles. The number of nitrogens with one attached hydrogen (secondary N) is 1. The zero-order valence-electron chi connectivity index (χ0n) is 10.2. The Bertz CT molecular complexity index is 449. The van der Waals surface area contributed by atoms with Crippen molar-refractivity contribution in [2.24, 2.45) is 5.92 Å². The average Bonchev–Trinajstić information content (AvgIpc) is 2.27. The predicted molar refractivity (Wildman–Crippen MR) is 62.5 cm³/mol. The molecule has 0 spiro atoms. The van der Waals surface area contributed by atoms with E-state index in [9.17, 15) is 14.0 Å². The van der Waals surface area contributed by atoms with Gasteiger partial charge < -0.3 is 10.4 Å². The van der Waals surface area contributed by atoms with Crippen molar-refractivity contribution in [3.63, 3.8) is 0 Å². The van der Waals surface area contributed by atoms with Gasteiger partial charge in [0, 0.05) is 17.8 Å². The highest BCUT2D eigenvalue weighted by Gasteiger charge is 2.21. The van der Waals surface area contributed by atoms with Gasteiger partial charge in [-0.1, -0.05) is 13.8 Å². The molecule has 0 aliphatic carbocycles. The molecule has 0 aliphatic rings. The summed E-state index contributed by atoms with van der Waals surface area (Å²) in [5, 5.41) is 11.3. The van der Waals surface area contributed by atoms with Crippen LogP contribution in [0.1, 0.15) is 30.6 Å². The van der Waals surface area contributed by atoms with Crippen LogP contribution < -0.4 is 5.32 Å². The molecule has 0 saturated heterocycles. The number of carbonyl (C=O) groups excluding carboxylic acids is 1. The van der Waals surface area contributed by atoms with Gasteiger partial charge in [-0.2, -0.15) is 4.39 Å². The van der Waals surface area contributed by atoms with Crippen molar-refractivity contribution in [1.29, 1.82) is 0 Å². The summed E-state index contributed by atoms with van der Waals surface area (Å²) in [4.78, 5) is 26.0. The van der Waals surface area contributed by atoms with Gasteiger partial charge in [-0.15, -0.1) is 0 Å². The van der Waals surface area contributed by atoms with E-state index in [1.54, 1.807) is 0 Å². The third-order valence-electron chi connectivity index (χ3n) is 2.30. The third-order valence-corrected chi connectivity index (χ3v) is 2.30. The van der Waals surface area contributed by atoms with Crippen LogP contribution >= 0.6 is 0 Å². The van der Waals surface area contributed by atoms with E-state index in [1.807, 2.05) is 13.8 Å². The molecule has 98 valence electrons. The minimum absolute atomic E-state index is 0.0532. The van der Waals surface area contributed by atoms with Gasteiger partial charge in [0.15, 0.2) is 0 Å². The van der Waals surface area contributed by atoms with Crippen molar-refractivity contribution in [2.45, 2.75) is 26.3 Å². The molecule has 1 rings (SSSR count). The molecule has 1 aromatic rings. The molecular formula is C12H15FN2O3. The minimum atomic E-state index is -1.11. The summed E-state index contributed by atoms with van der Waals surface area (Å²) in [6.45, 7) is 3.71. The number of carboxylic acid groups (broad SMARTS) is 1. The van der Waals surface area contributed by atoms with Gasteiger partial charge in [0.1, 0.15) is 6.04 Å². The van der Waals surface area contributed by atoms with Crippen molar-refractivity contribution in [2.75, 3.05) is 0 Å². The molecule has 0 bridgehead atoms. The normalized spacial score (nSPS) is 12.2. The van der Waals surface area contributed by atoms with E-state index >= 15 is 0 Å². The molecule has 0 aliphatic heterocycles. The Kier molecular flexibility index (Phi) is 4.76. The number of carbonyl (C=O) groups is 2. The Morgan fingerprint density at radius 2 is 2.17 bits per heavy atom. The molecule has 18 heavy (non-hydrogen) atoms. The molecule has 6 heteroatoms. The van der Waals surface area contributed by atoms with Crippen molar-refractivity contribution in [3.8, 4) is 0 Å². The molecule has 0 saturated carbocycles. The van der Waals surface area contributed by atoms with Gasteiger partial charge in [0.05, 0.1) is 0 Å². The molecular weight excluding hydrogens is 239 g/mol. The van der Waals surface area contributed by atoms with Crippen molar-refractivity contribution >= 4 is 11.9 Å². The van der Waals surface area contributed by atoms with Gasteiger partial charge in [-0.05, 0) is 18.4 Å². The Morgan fingerprint density at radius 3 is 2.67 bits per heavy atom. The lowest BCUT2D eigenvalue weighted by Gasteiger charge is -2.16. The number of carboxylic acids is 1. The number of amides is 1. The number of halogens is 1. The summed E-state index contributed by atoms with van der Waals surface area (Å²) in [7, 11) is 0. The van der Waals surface area contributed by atoms with Crippen LogP contribution in [0.4, 0.5) is 4.39 Å². The predicted octanol–water partition coefficient (Wildman–Crippen LogP) is 1.45. The first-order chi connectivity index (χ1) is 8.40. The van der Waals surface area contributed by atoms with Crippen molar-refractivity contribution < 1.29 is 19.1 Å². The Balaban J connectivity index is 2.75. The second kappa shape index (κ2) is 6.09. The van der Waals surface area contributed by atoms with E-state index in [0.29, 0.717) is 6.42 Å². The Labute approximate surface area is 104 Å². The fraction of sp³-hybridized carbons (Fsp3) is 0.417. The summed E-state index contributed by atoms with van der Waals surface area (Å²) < 4.78 is 12.8. The quantitative estimate of drug-likeness (QED) is 0.779. The van der Waals surface area contributed by atoms with Gasteiger partial charge in [0.2, 0.25) is 5.95 Å². The van der Waals surface area contributed by atoms with E-state index in [1.165, 1.54) is 6.07 Å². The first kappa shape index (κ1) is 14.1. The molecule has 5 nitrogen and oxygen atoms in total. The largest absolute Gasteiger partial charge is 0.480 e. The standard InChI is InChI=1S/C12H15FN2O3/c1-7(2)5-9(12(17)18)15-11(16)8-3-4-14-10(13)6-8/h3-4,6-7,9H,5H2,1-2H3,(H,15,16)(H,17,18). The first-order valence-corrected chi connectivity index (χ1v) is 5.55. The molecule has 1 heterocycles. The highest BCUT2D eigenvalue weighted by atomic mass is 19.1. The van der Waals surface area contributed by atoms with Gasteiger partial charge in [-0.3, -0.25) is 4.79 Å². The molecule has 0 fully saturated rings. The van der Waals surface area contributed by atoms with E-state index in [0.717, 1.165) is 12.3 Å². The second-order valence-corrected chi connectivity index (χ2v) is 4.36. The van der Waals surface area contributed by atoms with Crippen LogP contribution in [-0.4, -0.2) is 28.0 Å². The number of hydrogen-bond donors (Lipinski definition) is 2. The Morgan fingerprint density at radius 1 is 1.50 bits per heavy atom. The van der Waals surface area contributed by atoms with Crippen LogP contribution in [0.25, 0.3) is 0 Å². The number of hydrogen-bond acceptors (Lipinski definition) is 3. The zero-order chi connectivity index (χ0) is 13.7. The zero-order valence-corrected chi connectivity index (χ0v) is 10.2. The summed E-state index contributed by atoms with van der Waals surface area (Å²) in [6, 6.07) is 1.31. The fourth-order valence-electron chi connectivity index (χ4n) is 1.48. The monoisotopic (exact) mass is 254 g/mol. The number of nitrogens with zero attached hydrogens (tertiary/aromatic N) is 1. The van der Waals surface area contributed by atoms with Crippen LogP contribution in [-0.2, 0) is 4.79 Å². The highest BCUT2D eigenvalue weighted by molar-refractivity contribution is 5.96. The van der Waals surface area contributed by atoms with Crippen LogP contribution in [0.5, 0.6) is 0 Å². The average molecular weight is 254 g/mol. The number of aliphatic carboxylic acids is 1. The molecule has 2 N–H and O–H groups in total. The van der Waals surface area contributed by atoms with Crippen LogP contribution in [0, 0.1) is 11.9 Å². The molecule has 1 unspecified atom stereocenters. The fourth-order valence-corrected chi connectivity index (χ4v) is 1.48. The highest BCUT2D eigenvalue weighted by Crippen LogP contribution is 2.07. The maximum Gasteiger partial charge on any atom is 0.326 e. The topological polar surface area (TPSA) is 79.3 Å². The molecule has 0 radical (unpaired) electrons. The van der Waals surface area contributed by atoms with E-state index in [-0.39, 0.29) is 11.5 Å². The summed E-state index contributed by atoms with van der Waals surface area (Å²) in [5.41, 5.74) is 0.0532. The third kappa shape index (κ3) is 4.12. The number of aromatic nitrogens is 1. The first-order valence-electron chi connectivity index (χ1n) is 5.55. The van der Waals surface area contributed by atoms with Crippen LogP contribution in [0.3, 0.4) is 0 Å². The van der Waals surface area contributed by atoms with Gasteiger partial charge in [-0.25, -0.2) is 9.78 Å². The van der Waals surface area contributed by atoms with Gasteiger partial charge >= 0.3 is 5.97 Å². The number of rotatable bonds is 5.